The summed E-state index contributed by atoms with van der Waals surface area (Å²) in [6.45, 7) is 4.87. The molecule has 2 aliphatic rings. The summed E-state index contributed by atoms with van der Waals surface area (Å²) in [5.41, 5.74) is 1.21. The molecule has 0 aromatic heterocycles. The normalized spacial score (nSPS) is 22.6. The standard InChI is InChI=1S/C18H27ClN4O/c1-22-9-7-16(8-10-22)21-18(24)20-12-14-6-11-23(13-14)17-4-2-15(19)3-5-17/h2-5,14,16H,6-13H2,1H3,(H2,20,21,24)/t14-/m1/s1. The molecule has 1 aromatic carbocycles. The Bertz CT molecular complexity index is 542. The quantitative estimate of drug-likeness (QED) is 0.877. The SMILES string of the molecule is CN1CCC(NC(=O)NC[C@H]2CCN(c3ccc(Cl)cc3)C2)CC1. The van der Waals surface area contributed by atoms with Gasteiger partial charge in [0.2, 0.25) is 0 Å². The molecule has 6 heteroatoms. The molecule has 3 rings (SSSR count). The van der Waals surface area contributed by atoms with E-state index < -0.39 is 0 Å². The third-order valence-corrected chi connectivity index (χ3v) is 5.33. The number of urea groups is 1. The summed E-state index contributed by atoms with van der Waals surface area (Å²) >= 11 is 5.94. The van der Waals surface area contributed by atoms with Crippen molar-refractivity contribution in [3.63, 3.8) is 0 Å². The second-order valence-electron chi connectivity index (χ2n) is 7.01. The third-order valence-electron chi connectivity index (χ3n) is 5.08. The second-order valence-corrected chi connectivity index (χ2v) is 7.45. The molecule has 2 amide bonds. The van der Waals surface area contributed by atoms with Gasteiger partial charge < -0.3 is 20.4 Å². The molecule has 0 aliphatic carbocycles. The fourth-order valence-corrected chi connectivity index (χ4v) is 3.64. The van der Waals surface area contributed by atoms with Crippen molar-refractivity contribution in [1.82, 2.24) is 15.5 Å². The van der Waals surface area contributed by atoms with Gasteiger partial charge in [0.05, 0.1) is 0 Å². The molecule has 2 N–H and O–H groups in total. The number of rotatable bonds is 4. The smallest absolute Gasteiger partial charge is 0.315 e. The van der Waals surface area contributed by atoms with Crippen LogP contribution in [-0.4, -0.2) is 56.7 Å². The van der Waals surface area contributed by atoms with Crippen molar-refractivity contribution in [2.75, 3.05) is 44.7 Å². The van der Waals surface area contributed by atoms with Gasteiger partial charge in [0.1, 0.15) is 0 Å². The second kappa shape index (κ2) is 8.08. The number of piperidine rings is 1. The highest BCUT2D eigenvalue weighted by atomic mass is 35.5. The van der Waals surface area contributed by atoms with E-state index in [4.69, 9.17) is 11.6 Å². The summed E-state index contributed by atoms with van der Waals surface area (Å²) in [4.78, 5) is 16.7. The first-order valence-electron chi connectivity index (χ1n) is 8.83. The van der Waals surface area contributed by atoms with Gasteiger partial charge in [0, 0.05) is 36.4 Å². The lowest BCUT2D eigenvalue weighted by molar-refractivity contribution is 0.213. The number of hydrogen-bond donors (Lipinski definition) is 2. The number of carbonyl (C=O) groups excluding carboxylic acids is 1. The number of likely N-dealkylation sites (tertiary alicyclic amines) is 1. The molecule has 24 heavy (non-hydrogen) atoms. The largest absolute Gasteiger partial charge is 0.371 e. The Balaban J connectivity index is 1.38. The highest BCUT2D eigenvalue weighted by Gasteiger charge is 2.24. The van der Waals surface area contributed by atoms with Crippen molar-refractivity contribution in [1.29, 1.82) is 0 Å². The monoisotopic (exact) mass is 350 g/mol. The molecule has 1 aromatic rings. The minimum absolute atomic E-state index is 0.0190. The van der Waals surface area contributed by atoms with E-state index in [1.54, 1.807) is 0 Å². The van der Waals surface area contributed by atoms with Crippen LogP contribution >= 0.6 is 11.6 Å². The van der Waals surface area contributed by atoms with Crippen molar-refractivity contribution < 1.29 is 4.79 Å². The first kappa shape index (κ1) is 17.4. The van der Waals surface area contributed by atoms with Gasteiger partial charge in [-0.2, -0.15) is 0 Å². The van der Waals surface area contributed by atoms with Gasteiger partial charge in [0.15, 0.2) is 0 Å². The number of carbonyl (C=O) groups is 1. The summed E-state index contributed by atoms with van der Waals surface area (Å²) in [7, 11) is 2.13. The molecule has 2 aliphatic heterocycles. The van der Waals surface area contributed by atoms with Crippen LogP contribution in [-0.2, 0) is 0 Å². The molecule has 0 bridgehead atoms. The van der Waals surface area contributed by atoms with Gasteiger partial charge in [-0.15, -0.1) is 0 Å². The average Bonchev–Trinajstić information content (AvgIpc) is 3.05. The Morgan fingerprint density at radius 1 is 1.17 bits per heavy atom. The van der Waals surface area contributed by atoms with Gasteiger partial charge in [-0.05, 0) is 69.6 Å². The average molecular weight is 351 g/mol. The molecule has 2 fully saturated rings. The maximum absolute atomic E-state index is 12.1. The first-order chi connectivity index (χ1) is 11.6. The molecule has 2 heterocycles. The number of nitrogens with zero attached hydrogens (tertiary/aromatic N) is 2. The maximum Gasteiger partial charge on any atom is 0.315 e. The summed E-state index contributed by atoms with van der Waals surface area (Å²) in [6.07, 6.45) is 3.19. The lowest BCUT2D eigenvalue weighted by atomic mass is 10.1. The minimum atomic E-state index is -0.0190. The van der Waals surface area contributed by atoms with Crippen LogP contribution in [0.15, 0.2) is 24.3 Å². The summed E-state index contributed by atoms with van der Waals surface area (Å²) < 4.78 is 0. The van der Waals surface area contributed by atoms with Crippen LogP contribution in [0.25, 0.3) is 0 Å². The van der Waals surface area contributed by atoms with Crippen LogP contribution in [0.1, 0.15) is 19.3 Å². The van der Waals surface area contributed by atoms with Crippen LogP contribution in [0.3, 0.4) is 0 Å². The number of anilines is 1. The summed E-state index contributed by atoms with van der Waals surface area (Å²) in [5.74, 6) is 0.504. The van der Waals surface area contributed by atoms with Gasteiger partial charge in [0.25, 0.3) is 0 Å². The van der Waals surface area contributed by atoms with Gasteiger partial charge >= 0.3 is 6.03 Å². The van der Waals surface area contributed by atoms with E-state index >= 15 is 0 Å². The first-order valence-corrected chi connectivity index (χ1v) is 9.21. The van der Waals surface area contributed by atoms with E-state index in [0.29, 0.717) is 12.0 Å². The van der Waals surface area contributed by atoms with E-state index in [-0.39, 0.29) is 6.03 Å². The number of hydrogen-bond acceptors (Lipinski definition) is 3. The number of amides is 2. The van der Waals surface area contributed by atoms with Crippen molar-refractivity contribution >= 4 is 23.3 Å². The Kier molecular flexibility index (Phi) is 5.85. The Hall–Kier alpha value is -1.46. The Morgan fingerprint density at radius 2 is 1.88 bits per heavy atom. The Morgan fingerprint density at radius 3 is 2.58 bits per heavy atom. The van der Waals surface area contributed by atoms with Gasteiger partial charge in [-0.25, -0.2) is 4.79 Å². The number of nitrogens with one attached hydrogen (secondary N) is 2. The summed E-state index contributed by atoms with van der Waals surface area (Å²) in [6, 6.07) is 8.27. The van der Waals surface area contributed by atoms with Crippen LogP contribution in [0, 0.1) is 5.92 Å². The van der Waals surface area contributed by atoms with Crippen LogP contribution < -0.4 is 15.5 Å². The molecule has 1 atom stereocenters. The molecule has 0 radical (unpaired) electrons. The van der Waals surface area contributed by atoms with E-state index in [1.807, 2.05) is 12.1 Å². The molecule has 0 unspecified atom stereocenters. The predicted molar refractivity (Wildman–Crippen MR) is 98.8 cm³/mol. The van der Waals surface area contributed by atoms with Crippen molar-refractivity contribution in [2.24, 2.45) is 5.92 Å². The Labute approximate surface area is 149 Å². The molecule has 5 nitrogen and oxygen atoms in total. The maximum atomic E-state index is 12.1. The lowest BCUT2D eigenvalue weighted by Crippen LogP contribution is -2.48. The van der Waals surface area contributed by atoms with E-state index in [2.05, 4.69) is 39.6 Å². The molecular weight excluding hydrogens is 324 g/mol. The van der Waals surface area contributed by atoms with Crippen molar-refractivity contribution in [3.05, 3.63) is 29.3 Å². The molecule has 132 valence electrons. The minimum Gasteiger partial charge on any atom is -0.371 e. The van der Waals surface area contributed by atoms with E-state index in [9.17, 15) is 4.79 Å². The van der Waals surface area contributed by atoms with Gasteiger partial charge in [-0.1, -0.05) is 11.6 Å². The number of benzene rings is 1. The van der Waals surface area contributed by atoms with Crippen molar-refractivity contribution in [2.45, 2.75) is 25.3 Å². The molecular formula is C18H27ClN4O. The van der Waals surface area contributed by atoms with Crippen LogP contribution in [0.4, 0.5) is 10.5 Å². The zero-order valence-electron chi connectivity index (χ0n) is 14.3. The lowest BCUT2D eigenvalue weighted by Gasteiger charge is -2.29. The topological polar surface area (TPSA) is 47.6 Å². The van der Waals surface area contributed by atoms with E-state index in [0.717, 1.165) is 57.0 Å². The molecule has 2 saturated heterocycles. The highest BCUT2D eigenvalue weighted by molar-refractivity contribution is 6.30. The van der Waals surface area contributed by atoms with E-state index in [1.165, 1.54) is 5.69 Å². The number of halogens is 1. The van der Waals surface area contributed by atoms with Crippen LogP contribution in [0.5, 0.6) is 0 Å². The third kappa shape index (κ3) is 4.77. The predicted octanol–water partition coefficient (Wildman–Crippen LogP) is 2.56. The van der Waals surface area contributed by atoms with Crippen molar-refractivity contribution in [3.8, 4) is 0 Å². The van der Waals surface area contributed by atoms with Gasteiger partial charge in [-0.3, -0.25) is 0 Å². The fourth-order valence-electron chi connectivity index (χ4n) is 3.51. The van der Waals surface area contributed by atoms with Crippen LogP contribution in [0.2, 0.25) is 5.02 Å². The highest BCUT2D eigenvalue weighted by Crippen LogP contribution is 2.24. The molecule has 0 spiro atoms. The summed E-state index contributed by atoms with van der Waals surface area (Å²) in [5, 5.41) is 6.93. The molecule has 0 saturated carbocycles. The zero-order chi connectivity index (χ0) is 16.9. The zero-order valence-corrected chi connectivity index (χ0v) is 15.1. The fraction of sp³-hybridized carbons (Fsp3) is 0.611.